The van der Waals surface area contributed by atoms with Gasteiger partial charge in [-0.3, -0.25) is 24.5 Å². The number of nitro groups is 1. The summed E-state index contributed by atoms with van der Waals surface area (Å²) in [5, 5.41) is 19.7. The predicted octanol–water partition coefficient (Wildman–Crippen LogP) is 0.191. The molecular weight excluding hydrogens is 282 g/mol. The van der Waals surface area contributed by atoms with Crippen LogP contribution in [0.5, 0.6) is 0 Å². The number of benzene rings is 1. The second kappa shape index (κ2) is 5.41. The normalized spacial score (nSPS) is 10.3. The molecule has 1 aromatic carbocycles. The predicted molar refractivity (Wildman–Crippen MR) is 70.5 cm³/mol. The summed E-state index contributed by atoms with van der Waals surface area (Å²) in [7, 11) is 0. The Labute approximate surface area is 116 Å². The molecule has 0 aliphatic carbocycles. The van der Waals surface area contributed by atoms with E-state index in [0.29, 0.717) is 0 Å². The van der Waals surface area contributed by atoms with Crippen LogP contribution in [0.2, 0.25) is 0 Å². The lowest BCUT2D eigenvalue weighted by molar-refractivity contribution is -0.386. The van der Waals surface area contributed by atoms with Crippen molar-refractivity contribution in [3.8, 4) is 0 Å². The van der Waals surface area contributed by atoms with Gasteiger partial charge in [0.05, 0.1) is 23.2 Å². The van der Waals surface area contributed by atoms with Crippen LogP contribution in [0.1, 0.15) is 15.9 Å². The number of nitrogens with zero attached hydrogens (tertiary/aromatic N) is 2. The zero-order valence-electron chi connectivity index (χ0n) is 10.5. The van der Waals surface area contributed by atoms with Crippen LogP contribution in [-0.4, -0.2) is 25.6 Å². The number of H-pyrrole nitrogens is 1. The molecule has 0 fully saturated rings. The number of aromatic amines is 1. The van der Waals surface area contributed by atoms with Crippen LogP contribution in [0.25, 0.3) is 0 Å². The van der Waals surface area contributed by atoms with Gasteiger partial charge in [0.2, 0.25) is 0 Å². The van der Waals surface area contributed by atoms with Crippen LogP contribution in [0.4, 0.5) is 5.69 Å². The summed E-state index contributed by atoms with van der Waals surface area (Å²) in [5.41, 5.74) is -2.49. The van der Waals surface area contributed by atoms with E-state index in [-0.39, 0.29) is 17.7 Å². The van der Waals surface area contributed by atoms with Crippen LogP contribution < -0.4 is 11.2 Å². The molecule has 0 amide bonds. The van der Waals surface area contributed by atoms with Crippen molar-refractivity contribution in [3.05, 3.63) is 72.5 Å². The van der Waals surface area contributed by atoms with E-state index in [2.05, 4.69) is 0 Å². The Morgan fingerprint density at radius 2 is 2.00 bits per heavy atom. The zero-order chi connectivity index (χ0) is 15.6. The highest BCUT2D eigenvalue weighted by Gasteiger charge is 2.16. The first-order valence-electron chi connectivity index (χ1n) is 5.69. The maximum absolute atomic E-state index is 11.6. The van der Waals surface area contributed by atoms with Gasteiger partial charge in [-0.1, -0.05) is 18.2 Å². The van der Waals surface area contributed by atoms with Gasteiger partial charge < -0.3 is 5.11 Å². The maximum Gasteiger partial charge on any atom is 0.350 e. The molecule has 0 aliphatic heterocycles. The van der Waals surface area contributed by atoms with Gasteiger partial charge in [-0.15, -0.1) is 0 Å². The number of nitrogens with one attached hydrogen (secondary N) is 1. The molecule has 0 unspecified atom stereocenters. The van der Waals surface area contributed by atoms with E-state index in [0.717, 1.165) is 10.8 Å². The van der Waals surface area contributed by atoms with Crippen molar-refractivity contribution in [2.24, 2.45) is 0 Å². The fourth-order valence-electron chi connectivity index (χ4n) is 1.80. The van der Waals surface area contributed by atoms with E-state index >= 15 is 0 Å². The summed E-state index contributed by atoms with van der Waals surface area (Å²) in [4.78, 5) is 45.6. The highest BCUT2D eigenvalue weighted by atomic mass is 16.6. The van der Waals surface area contributed by atoms with E-state index < -0.39 is 27.8 Å². The van der Waals surface area contributed by atoms with Gasteiger partial charge >= 0.3 is 22.9 Å². The number of carboxylic acids is 1. The average molecular weight is 291 g/mol. The first-order chi connectivity index (χ1) is 9.90. The Kier molecular flexibility index (Phi) is 3.65. The van der Waals surface area contributed by atoms with Crippen LogP contribution in [0, 0.1) is 10.1 Å². The highest BCUT2D eigenvalue weighted by Crippen LogP contribution is 2.10. The lowest BCUT2D eigenvalue weighted by Gasteiger charge is -2.07. The second-order valence-electron chi connectivity index (χ2n) is 4.12. The Morgan fingerprint density at radius 1 is 1.33 bits per heavy atom. The van der Waals surface area contributed by atoms with E-state index in [1.54, 1.807) is 6.07 Å². The number of aromatic carboxylic acids is 1. The molecule has 9 nitrogen and oxygen atoms in total. The first kappa shape index (κ1) is 14.2. The standard InChI is InChI=1S/C12H9N3O6/c16-10-9(15(20)21)6-14(12(19)13-10)5-7-3-1-2-4-8(7)11(17)18/h1-4,6H,5H2,(H,17,18)(H,13,16,19). The van der Waals surface area contributed by atoms with Gasteiger partial charge in [0.1, 0.15) is 0 Å². The zero-order valence-corrected chi connectivity index (χ0v) is 10.5. The van der Waals surface area contributed by atoms with Gasteiger partial charge in [0.15, 0.2) is 0 Å². The van der Waals surface area contributed by atoms with Crippen molar-refractivity contribution in [2.75, 3.05) is 0 Å². The third-order valence-corrected chi connectivity index (χ3v) is 2.78. The Morgan fingerprint density at radius 3 is 2.62 bits per heavy atom. The molecule has 0 saturated carbocycles. The molecule has 0 atom stereocenters. The van der Waals surface area contributed by atoms with E-state index in [1.807, 2.05) is 4.98 Å². The van der Waals surface area contributed by atoms with Crippen molar-refractivity contribution in [1.29, 1.82) is 0 Å². The van der Waals surface area contributed by atoms with Gasteiger partial charge in [-0.25, -0.2) is 9.59 Å². The summed E-state index contributed by atoms with van der Waals surface area (Å²) >= 11 is 0. The molecule has 0 radical (unpaired) electrons. The molecule has 21 heavy (non-hydrogen) atoms. The maximum atomic E-state index is 11.6. The van der Waals surface area contributed by atoms with Crippen molar-refractivity contribution in [2.45, 2.75) is 6.54 Å². The quantitative estimate of drug-likeness (QED) is 0.609. The molecule has 0 saturated heterocycles. The van der Waals surface area contributed by atoms with Crippen molar-refractivity contribution >= 4 is 11.7 Å². The fourth-order valence-corrected chi connectivity index (χ4v) is 1.80. The van der Waals surface area contributed by atoms with Crippen molar-refractivity contribution in [1.82, 2.24) is 9.55 Å². The van der Waals surface area contributed by atoms with Crippen LogP contribution >= 0.6 is 0 Å². The Balaban J connectivity index is 2.53. The third kappa shape index (κ3) is 2.86. The molecular formula is C12H9N3O6. The number of rotatable bonds is 4. The van der Waals surface area contributed by atoms with Gasteiger partial charge in [-0.2, -0.15) is 0 Å². The van der Waals surface area contributed by atoms with Crippen LogP contribution in [-0.2, 0) is 6.54 Å². The number of hydrogen-bond acceptors (Lipinski definition) is 5. The largest absolute Gasteiger partial charge is 0.478 e. The summed E-state index contributed by atoms with van der Waals surface area (Å²) < 4.78 is 0.876. The molecule has 2 aromatic rings. The van der Waals surface area contributed by atoms with Gasteiger partial charge in [0.25, 0.3) is 0 Å². The third-order valence-electron chi connectivity index (χ3n) is 2.78. The molecule has 1 heterocycles. The highest BCUT2D eigenvalue weighted by molar-refractivity contribution is 5.89. The Hall–Kier alpha value is -3.23. The summed E-state index contributed by atoms with van der Waals surface area (Å²) in [6.45, 7) is -0.209. The smallest absolute Gasteiger partial charge is 0.350 e. The minimum Gasteiger partial charge on any atom is -0.478 e. The van der Waals surface area contributed by atoms with E-state index in [9.17, 15) is 24.5 Å². The SMILES string of the molecule is O=C(O)c1ccccc1Cn1cc([N+](=O)[O-])c(=O)[nH]c1=O. The molecule has 108 valence electrons. The first-order valence-corrected chi connectivity index (χ1v) is 5.69. The summed E-state index contributed by atoms with van der Waals surface area (Å²) in [6.07, 6.45) is 0.791. The van der Waals surface area contributed by atoms with E-state index in [1.165, 1.54) is 18.2 Å². The van der Waals surface area contributed by atoms with Crippen molar-refractivity contribution < 1.29 is 14.8 Å². The molecule has 0 spiro atoms. The average Bonchev–Trinajstić information content (AvgIpc) is 2.41. The van der Waals surface area contributed by atoms with Gasteiger partial charge in [0, 0.05) is 0 Å². The minimum atomic E-state index is -1.18. The number of hydrogen-bond donors (Lipinski definition) is 2. The lowest BCUT2D eigenvalue weighted by Crippen LogP contribution is -2.31. The molecule has 0 bridgehead atoms. The fraction of sp³-hybridized carbons (Fsp3) is 0.0833. The van der Waals surface area contributed by atoms with E-state index in [4.69, 9.17) is 5.11 Å². The van der Waals surface area contributed by atoms with Gasteiger partial charge in [-0.05, 0) is 11.6 Å². The Bertz CT molecular complexity index is 835. The summed E-state index contributed by atoms with van der Waals surface area (Å²) in [5.74, 6) is -1.18. The van der Waals surface area contributed by atoms with Crippen molar-refractivity contribution in [3.63, 3.8) is 0 Å². The summed E-state index contributed by atoms with van der Waals surface area (Å²) in [6, 6.07) is 5.92. The lowest BCUT2D eigenvalue weighted by atomic mass is 10.1. The van der Waals surface area contributed by atoms with Crippen LogP contribution in [0.3, 0.4) is 0 Å². The molecule has 0 aliphatic rings. The minimum absolute atomic E-state index is 0.0294. The topological polar surface area (TPSA) is 135 Å². The van der Waals surface area contributed by atoms with Crippen LogP contribution in [0.15, 0.2) is 40.1 Å². The molecule has 2 rings (SSSR count). The molecule has 2 N–H and O–H groups in total. The molecule has 1 aromatic heterocycles. The second-order valence-corrected chi connectivity index (χ2v) is 4.12. The molecule has 9 heteroatoms. The number of carboxylic acid groups (broad SMARTS) is 1. The number of carbonyl (C=O) groups is 1. The monoisotopic (exact) mass is 291 g/mol. The number of aromatic nitrogens is 2.